The number of carbonyl (C=O) groups excluding carboxylic acids is 1. The summed E-state index contributed by atoms with van der Waals surface area (Å²) in [6, 6.07) is 10.9. The lowest BCUT2D eigenvalue weighted by atomic mass is 10.1. The fourth-order valence-corrected chi connectivity index (χ4v) is 2.34. The number of ether oxygens (including phenoxy) is 3. The maximum Gasteiger partial charge on any atom is 0.203 e. The van der Waals surface area contributed by atoms with E-state index in [1.807, 2.05) is 24.3 Å². The highest BCUT2D eigenvalue weighted by molar-refractivity contribution is 9.10. The average Bonchev–Trinajstić information content (AvgIpc) is 2.61. The minimum absolute atomic E-state index is 0.182. The molecule has 0 bridgehead atoms. The Labute approximate surface area is 149 Å². The summed E-state index contributed by atoms with van der Waals surface area (Å²) in [6.07, 6.45) is 3.04. The lowest BCUT2D eigenvalue weighted by Gasteiger charge is -2.13. The number of hydrogen-bond donors (Lipinski definition) is 1. The SMILES string of the molecule is COc1cc(C(=O)/C=C\Nc2ccc(Br)cc2)cc(OC)c1OC. The van der Waals surface area contributed by atoms with Crippen LogP contribution in [-0.2, 0) is 0 Å². The van der Waals surface area contributed by atoms with E-state index in [9.17, 15) is 4.79 Å². The average molecular weight is 392 g/mol. The van der Waals surface area contributed by atoms with Crippen molar-refractivity contribution in [2.45, 2.75) is 0 Å². The lowest BCUT2D eigenvalue weighted by molar-refractivity contribution is 0.104. The molecule has 0 aliphatic heterocycles. The summed E-state index contributed by atoms with van der Waals surface area (Å²) >= 11 is 3.37. The highest BCUT2D eigenvalue weighted by Crippen LogP contribution is 2.38. The van der Waals surface area contributed by atoms with Crippen LogP contribution in [0.3, 0.4) is 0 Å². The van der Waals surface area contributed by atoms with Crippen LogP contribution >= 0.6 is 15.9 Å². The maximum absolute atomic E-state index is 12.3. The van der Waals surface area contributed by atoms with E-state index >= 15 is 0 Å². The van der Waals surface area contributed by atoms with Gasteiger partial charge in [0, 0.05) is 28.0 Å². The van der Waals surface area contributed by atoms with Crippen LogP contribution in [-0.4, -0.2) is 27.1 Å². The van der Waals surface area contributed by atoms with Gasteiger partial charge in [0.05, 0.1) is 21.3 Å². The van der Waals surface area contributed by atoms with Gasteiger partial charge in [0.15, 0.2) is 17.3 Å². The van der Waals surface area contributed by atoms with E-state index in [1.54, 1.807) is 18.3 Å². The number of carbonyl (C=O) groups is 1. The van der Waals surface area contributed by atoms with Gasteiger partial charge in [-0.05, 0) is 36.4 Å². The second-order valence-corrected chi connectivity index (χ2v) is 5.68. The van der Waals surface area contributed by atoms with Crippen LogP contribution in [0.25, 0.3) is 0 Å². The third-order valence-corrected chi connectivity index (χ3v) is 3.81. The van der Waals surface area contributed by atoms with Crippen LogP contribution < -0.4 is 19.5 Å². The molecular formula is C18H18BrNO4. The van der Waals surface area contributed by atoms with Gasteiger partial charge in [-0.3, -0.25) is 4.79 Å². The van der Waals surface area contributed by atoms with Gasteiger partial charge in [-0.1, -0.05) is 15.9 Å². The van der Waals surface area contributed by atoms with Crippen molar-refractivity contribution in [1.82, 2.24) is 0 Å². The van der Waals surface area contributed by atoms with Crippen LogP contribution in [0, 0.1) is 0 Å². The highest BCUT2D eigenvalue weighted by Gasteiger charge is 2.15. The predicted octanol–water partition coefficient (Wildman–Crippen LogP) is 4.28. The number of ketones is 1. The molecule has 0 saturated carbocycles. The quantitative estimate of drug-likeness (QED) is 0.563. The number of halogens is 1. The molecule has 0 aliphatic rings. The van der Waals surface area contributed by atoms with Gasteiger partial charge < -0.3 is 19.5 Å². The molecule has 0 radical (unpaired) electrons. The lowest BCUT2D eigenvalue weighted by Crippen LogP contribution is -2.01. The molecule has 6 heteroatoms. The molecule has 2 rings (SSSR count). The standard InChI is InChI=1S/C18H18BrNO4/c1-22-16-10-12(11-17(23-2)18(16)24-3)15(21)8-9-20-14-6-4-13(19)5-7-14/h4-11,20H,1-3H3/b9-8-. The molecule has 0 saturated heterocycles. The first kappa shape index (κ1) is 17.9. The van der Waals surface area contributed by atoms with Gasteiger partial charge in [-0.25, -0.2) is 0 Å². The van der Waals surface area contributed by atoms with E-state index in [2.05, 4.69) is 21.2 Å². The van der Waals surface area contributed by atoms with E-state index in [0.29, 0.717) is 22.8 Å². The zero-order valence-corrected chi connectivity index (χ0v) is 15.2. The van der Waals surface area contributed by atoms with Crippen molar-refractivity contribution in [2.24, 2.45) is 0 Å². The first-order valence-corrected chi connectivity index (χ1v) is 7.91. The molecule has 24 heavy (non-hydrogen) atoms. The number of allylic oxidation sites excluding steroid dienone is 1. The Morgan fingerprint density at radius 2 is 1.58 bits per heavy atom. The molecule has 0 amide bonds. The topological polar surface area (TPSA) is 56.8 Å². The highest BCUT2D eigenvalue weighted by atomic mass is 79.9. The van der Waals surface area contributed by atoms with E-state index in [-0.39, 0.29) is 5.78 Å². The van der Waals surface area contributed by atoms with Crippen LogP contribution in [0.1, 0.15) is 10.4 Å². The fourth-order valence-electron chi connectivity index (χ4n) is 2.08. The molecule has 0 fully saturated rings. The van der Waals surface area contributed by atoms with Crippen molar-refractivity contribution in [3.63, 3.8) is 0 Å². The van der Waals surface area contributed by atoms with Crippen LogP contribution in [0.2, 0.25) is 0 Å². The van der Waals surface area contributed by atoms with Crippen LogP contribution in [0.5, 0.6) is 17.2 Å². The molecule has 126 valence electrons. The van der Waals surface area contributed by atoms with Crippen LogP contribution in [0.15, 0.2) is 53.1 Å². The largest absolute Gasteiger partial charge is 0.493 e. The van der Waals surface area contributed by atoms with Gasteiger partial charge in [-0.15, -0.1) is 0 Å². The molecule has 2 aromatic rings. The molecule has 1 N–H and O–H groups in total. The van der Waals surface area contributed by atoms with Crippen molar-refractivity contribution in [3.05, 3.63) is 58.7 Å². The van der Waals surface area contributed by atoms with Gasteiger partial charge in [0.25, 0.3) is 0 Å². The number of hydrogen-bond acceptors (Lipinski definition) is 5. The minimum Gasteiger partial charge on any atom is -0.493 e. The molecule has 0 aliphatic carbocycles. The van der Waals surface area contributed by atoms with E-state index in [4.69, 9.17) is 14.2 Å². The smallest absolute Gasteiger partial charge is 0.203 e. The second-order valence-electron chi connectivity index (χ2n) is 4.76. The number of benzene rings is 2. The zero-order chi connectivity index (χ0) is 17.5. The Bertz CT molecular complexity index is 716. The van der Waals surface area contributed by atoms with Gasteiger partial charge in [0.1, 0.15) is 0 Å². The summed E-state index contributed by atoms with van der Waals surface area (Å²) in [6.45, 7) is 0. The molecule has 0 heterocycles. The van der Waals surface area contributed by atoms with Gasteiger partial charge in [-0.2, -0.15) is 0 Å². The van der Waals surface area contributed by atoms with Gasteiger partial charge in [0.2, 0.25) is 5.75 Å². The van der Waals surface area contributed by atoms with E-state index in [1.165, 1.54) is 27.4 Å². The first-order chi connectivity index (χ1) is 11.6. The van der Waals surface area contributed by atoms with Crippen molar-refractivity contribution in [1.29, 1.82) is 0 Å². The second kappa shape index (κ2) is 8.40. The number of anilines is 1. The predicted molar refractivity (Wildman–Crippen MR) is 97.3 cm³/mol. The Balaban J connectivity index is 2.16. The van der Waals surface area contributed by atoms with E-state index in [0.717, 1.165) is 10.2 Å². The first-order valence-electron chi connectivity index (χ1n) is 7.12. The Hall–Kier alpha value is -2.47. The van der Waals surface area contributed by atoms with E-state index < -0.39 is 0 Å². The fraction of sp³-hybridized carbons (Fsp3) is 0.167. The van der Waals surface area contributed by atoms with Crippen LogP contribution in [0.4, 0.5) is 5.69 Å². The molecule has 0 spiro atoms. The summed E-state index contributed by atoms with van der Waals surface area (Å²) in [5.74, 6) is 1.15. The normalized spacial score (nSPS) is 10.5. The molecule has 0 aromatic heterocycles. The number of methoxy groups -OCH3 is 3. The molecule has 0 unspecified atom stereocenters. The zero-order valence-electron chi connectivity index (χ0n) is 13.6. The third-order valence-electron chi connectivity index (χ3n) is 3.28. The number of rotatable bonds is 7. The Morgan fingerprint density at radius 3 is 2.08 bits per heavy atom. The van der Waals surface area contributed by atoms with Crippen molar-refractivity contribution in [3.8, 4) is 17.2 Å². The Kier molecular flexibility index (Phi) is 6.26. The van der Waals surface area contributed by atoms with Crippen molar-refractivity contribution in [2.75, 3.05) is 26.6 Å². The van der Waals surface area contributed by atoms with Crippen molar-refractivity contribution < 1.29 is 19.0 Å². The Morgan fingerprint density at radius 1 is 1.00 bits per heavy atom. The monoisotopic (exact) mass is 391 g/mol. The summed E-state index contributed by atoms with van der Waals surface area (Å²) in [5, 5.41) is 3.04. The summed E-state index contributed by atoms with van der Waals surface area (Å²) < 4.78 is 16.7. The molecule has 5 nitrogen and oxygen atoms in total. The third kappa shape index (κ3) is 4.29. The summed E-state index contributed by atoms with van der Waals surface area (Å²) in [5.41, 5.74) is 1.32. The van der Waals surface area contributed by atoms with Crippen molar-refractivity contribution >= 4 is 27.4 Å². The number of nitrogens with one attached hydrogen (secondary N) is 1. The molecular weight excluding hydrogens is 374 g/mol. The summed E-state index contributed by atoms with van der Waals surface area (Å²) in [7, 11) is 4.54. The van der Waals surface area contributed by atoms with Gasteiger partial charge >= 0.3 is 0 Å². The molecule has 2 aromatic carbocycles. The minimum atomic E-state index is -0.182. The molecule has 0 atom stereocenters. The summed E-state index contributed by atoms with van der Waals surface area (Å²) in [4.78, 5) is 12.3. The maximum atomic E-state index is 12.3.